The minimum absolute atomic E-state index is 0.751. The molecule has 1 saturated heterocycles. The molecule has 0 bridgehead atoms. The van der Waals surface area contributed by atoms with Gasteiger partial charge in [-0.05, 0) is 65.6 Å². The highest BCUT2D eigenvalue weighted by atomic mass is 15.2. The van der Waals surface area contributed by atoms with Gasteiger partial charge in [-0.2, -0.15) is 0 Å². The second kappa shape index (κ2) is 7.30. The molecule has 0 spiro atoms. The van der Waals surface area contributed by atoms with Crippen LogP contribution in [0.3, 0.4) is 0 Å². The molecule has 1 saturated carbocycles. The number of nitrogens with zero attached hydrogens (tertiary/aromatic N) is 1. The number of hydrogen-bond acceptors (Lipinski definition) is 2. The van der Waals surface area contributed by atoms with Crippen molar-refractivity contribution in [1.82, 2.24) is 10.2 Å². The predicted molar refractivity (Wildman–Crippen MR) is 78.9 cm³/mol. The summed E-state index contributed by atoms with van der Waals surface area (Å²) in [7, 11) is 0. The van der Waals surface area contributed by atoms with Crippen LogP contribution in [0.4, 0.5) is 0 Å². The van der Waals surface area contributed by atoms with Gasteiger partial charge in [0.1, 0.15) is 0 Å². The van der Waals surface area contributed by atoms with E-state index in [1.807, 2.05) is 0 Å². The van der Waals surface area contributed by atoms with Crippen molar-refractivity contribution in [1.29, 1.82) is 0 Å². The van der Waals surface area contributed by atoms with Crippen molar-refractivity contribution >= 4 is 0 Å². The van der Waals surface area contributed by atoms with Crippen molar-refractivity contribution in [2.24, 2.45) is 0 Å². The predicted octanol–water partition coefficient (Wildman–Crippen LogP) is 3.34. The van der Waals surface area contributed by atoms with Crippen LogP contribution in [0, 0.1) is 0 Å². The zero-order valence-electron chi connectivity index (χ0n) is 12.3. The molecule has 2 nitrogen and oxygen atoms in total. The zero-order chi connectivity index (χ0) is 12.8. The van der Waals surface area contributed by atoms with Gasteiger partial charge in [-0.25, -0.2) is 0 Å². The Morgan fingerprint density at radius 3 is 2.61 bits per heavy atom. The van der Waals surface area contributed by atoms with E-state index in [2.05, 4.69) is 30.1 Å². The summed E-state index contributed by atoms with van der Waals surface area (Å²) in [5.74, 6) is 0. The maximum Gasteiger partial charge on any atom is 0.0249 e. The molecular formula is C16H30N2. The lowest BCUT2D eigenvalue weighted by molar-refractivity contribution is 0.149. The van der Waals surface area contributed by atoms with Gasteiger partial charge < -0.3 is 5.32 Å². The number of nitrogens with one attached hydrogen (secondary N) is 1. The van der Waals surface area contributed by atoms with Crippen molar-refractivity contribution < 1.29 is 0 Å². The van der Waals surface area contributed by atoms with Gasteiger partial charge in [-0.15, -0.1) is 0 Å². The smallest absolute Gasteiger partial charge is 0.0249 e. The lowest BCUT2D eigenvalue weighted by atomic mass is 9.89. The van der Waals surface area contributed by atoms with Gasteiger partial charge in [0.25, 0.3) is 0 Å². The van der Waals surface area contributed by atoms with E-state index in [1.54, 1.807) is 0 Å². The van der Waals surface area contributed by atoms with E-state index in [0.717, 1.165) is 18.6 Å². The number of allylic oxidation sites excluding steroid dienone is 1. The Kier molecular flexibility index (Phi) is 5.71. The lowest BCUT2D eigenvalue weighted by Crippen LogP contribution is -2.51. The molecule has 1 aliphatic carbocycles. The fourth-order valence-corrected chi connectivity index (χ4v) is 3.46. The summed E-state index contributed by atoms with van der Waals surface area (Å²) < 4.78 is 0. The molecule has 1 aliphatic heterocycles. The van der Waals surface area contributed by atoms with Gasteiger partial charge >= 0.3 is 0 Å². The van der Waals surface area contributed by atoms with Crippen LogP contribution < -0.4 is 5.32 Å². The minimum atomic E-state index is 0.751. The summed E-state index contributed by atoms with van der Waals surface area (Å²) >= 11 is 0. The Bertz CT molecular complexity index is 266. The van der Waals surface area contributed by atoms with Gasteiger partial charge in [-0.1, -0.05) is 24.5 Å². The van der Waals surface area contributed by atoms with Gasteiger partial charge in [-0.3, -0.25) is 4.90 Å². The Labute approximate surface area is 113 Å². The largest absolute Gasteiger partial charge is 0.312 e. The summed E-state index contributed by atoms with van der Waals surface area (Å²) in [5.41, 5.74) is 1.51. The van der Waals surface area contributed by atoms with Gasteiger partial charge in [0, 0.05) is 12.1 Å². The van der Waals surface area contributed by atoms with E-state index >= 15 is 0 Å². The summed E-state index contributed by atoms with van der Waals surface area (Å²) in [6.45, 7) is 8.22. The van der Waals surface area contributed by atoms with E-state index in [1.165, 1.54) is 63.6 Å². The standard InChI is InChI=1S/C16H30N2/c1-3-14(2)10-11-17-15-8-4-5-9-16(15)18-12-6-7-13-18/h3,15-17H,4-13H2,1-2H3/b14-3+. The second-order valence-corrected chi connectivity index (χ2v) is 6.04. The molecule has 0 aromatic carbocycles. The highest BCUT2D eigenvalue weighted by Crippen LogP contribution is 2.26. The fourth-order valence-electron chi connectivity index (χ4n) is 3.46. The minimum Gasteiger partial charge on any atom is -0.312 e. The Morgan fingerprint density at radius 1 is 1.17 bits per heavy atom. The topological polar surface area (TPSA) is 15.3 Å². The van der Waals surface area contributed by atoms with E-state index in [9.17, 15) is 0 Å². The summed E-state index contributed by atoms with van der Waals surface area (Å²) in [4.78, 5) is 2.75. The number of rotatable bonds is 5. The first kappa shape index (κ1) is 14.1. The maximum absolute atomic E-state index is 3.83. The first-order chi connectivity index (χ1) is 8.81. The third kappa shape index (κ3) is 3.83. The monoisotopic (exact) mass is 250 g/mol. The molecule has 2 atom stereocenters. The summed E-state index contributed by atoms with van der Waals surface area (Å²) in [6.07, 6.45) is 11.9. The lowest BCUT2D eigenvalue weighted by Gasteiger charge is -2.38. The molecule has 1 N–H and O–H groups in total. The van der Waals surface area contributed by atoms with Gasteiger partial charge in [0.15, 0.2) is 0 Å². The summed E-state index contributed by atoms with van der Waals surface area (Å²) in [5, 5.41) is 3.83. The highest BCUT2D eigenvalue weighted by molar-refractivity contribution is 4.97. The quantitative estimate of drug-likeness (QED) is 0.753. The average molecular weight is 250 g/mol. The van der Waals surface area contributed by atoms with Crippen molar-refractivity contribution in [2.75, 3.05) is 19.6 Å². The average Bonchev–Trinajstić information content (AvgIpc) is 2.93. The molecule has 2 aliphatic rings. The van der Waals surface area contributed by atoms with Gasteiger partial charge in [0.2, 0.25) is 0 Å². The molecule has 0 aromatic heterocycles. The Hall–Kier alpha value is -0.340. The van der Waals surface area contributed by atoms with Gasteiger partial charge in [0.05, 0.1) is 0 Å². The van der Waals surface area contributed by atoms with Crippen molar-refractivity contribution in [3.63, 3.8) is 0 Å². The fraction of sp³-hybridized carbons (Fsp3) is 0.875. The number of hydrogen-bond donors (Lipinski definition) is 1. The Balaban J connectivity index is 1.79. The van der Waals surface area contributed by atoms with Crippen LogP contribution in [0.5, 0.6) is 0 Å². The van der Waals surface area contributed by atoms with E-state index in [4.69, 9.17) is 0 Å². The summed E-state index contributed by atoms with van der Waals surface area (Å²) in [6, 6.07) is 1.58. The van der Waals surface area contributed by atoms with Crippen LogP contribution in [0.1, 0.15) is 58.8 Å². The van der Waals surface area contributed by atoms with Crippen LogP contribution in [-0.4, -0.2) is 36.6 Å². The molecule has 104 valence electrons. The molecule has 2 unspecified atom stereocenters. The number of likely N-dealkylation sites (tertiary alicyclic amines) is 1. The van der Waals surface area contributed by atoms with Crippen LogP contribution in [-0.2, 0) is 0 Å². The zero-order valence-corrected chi connectivity index (χ0v) is 12.3. The molecule has 0 radical (unpaired) electrons. The van der Waals surface area contributed by atoms with Crippen LogP contribution in [0.25, 0.3) is 0 Å². The van der Waals surface area contributed by atoms with Crippen molar-refractivity contribution in [2.45, 2.75) is 70.9 Å². The third-order valence-electron chi connectivity index (χ3n) is 4.76. The van der Waals surface area contributed by atoms with Crippen molar-refractivity contribution in [3.8, 4) is 0 Å². The van der Waals surface area contributed by atoms with Crippen LogP contribution in [0.15, 0.2) is 11.6 Å². The molecule has 0 amide bonds. The molecule has 0 aromatic rings. The highest BCUT2D eigenvalue weighted by Gasteiger charge is 2.30. The molecule has 18 heavy (non-hydrogen) atoms. The Morgan fingerprint density at radius 2 is 1.89 bits per heavy atom. The maximum atomic E-state index is 3.83. The van der Waals surface area contributed by atoms with Crippen molar-refractivity contribution in [3.05, 3.63) is 11.6 Å². The normalized spacial score (nSPS) is 30.9. The molecular weight excluding hydrogens is 220 g/mol. The molecule has 2 fully saturated rings. The van der Waals surface area contributed by atoms with Crippen LogP contribution >= 0.6 is 0 Å². The molecule has 1 heterocycles. The third-order valence-corrected chi connectivity index (χ3v) is 4.76. The van der Waals surface area contributed by atoms with E-state index < -0.39 is 0 Å². The SMILES string of the molecule is C/C=C(\C)CCNC1CCCCC1N1CCCC1. The van der Waals surface area contributed by atoms with E-state index in [-0.39, 0.29) is 0 Å². The molecule has 2 rings (SSSR count). The molecule has 2 heteroatoms. The van der Waals surface area contributed by atoms with Crippen LogP contribution in [0.2, 0.25) is 0 Å². The first-order valence-corrected chi connectivity index (χ1v) is 7.90. The first-order valence-electron chi connectivity index (χ1n) is 7.90. The second-order valence-electron chi connectivity index (χ2n) is 6.04. The van der Waals surface area contributed by atoms with E-state index in [0.29, 0.717) is 0 Å².